The average molecular weight is 434 g/mol. The third-order valence-corrected chi connectivity index (χ3v) is 6.47. The minimum absolute atomic E-state index is 0.193. The molecule has 2 aromatic carbocycles. The van der Waals surface area contributed by atoms with Crippen molar-refractivity contribution in [2.24, 2.45) is 5.73 Å². The van der Waals surface area contributed by atoms with Crippen LogP contribution in [0.2, 0.25) is 0 Å². The predicted molar refractivity (Wildman–Crippen MR) is 115 cm³/mol. The molecule has 9 heteroatoms. The van der Waals surface area contributed by atoms with Crippen molar-refractivity contribution in [3.8, 4) is 5.75 Å². The van der Waals surface area contributed by atoms with Gasteiger partial charge in [0, 0.05) is 31.3 Å². The molecule has 0 aliphatic heterocycles. The lowest BCUT2D eigenvalue weighted by Crippen LogP contribution is -2.30. The summed E-state index contributed by atoms with van der Waals surface area (Å²) >= 11 is 0. The Kier molecular flexibility index (Phi) is 8.37. The Labute approximate surface area is 177 Å². The van der Waals surface area contributed by atoms with Gasteiger partial charge in [0.2, 0.25) is 15.9 Å². The molecule has 8 nitrogen and oxygen atoms in total. The van der Waals surface area contributed by atoms with Crippen molar-refractivity contribution >= 4 is 27.5 Å². The van der Waals surface area contributed by atoms with E-state index >= 15 is 0 Å². The molecule has 2 rings (SSSR count). The molecule has 2 aromatic rings. The van der Waals surface area contributed by atoms with E-state index < -0.39 is 15.9 Å². The van der Waals surface area contributed by atoms with E-state index in [0.29, 0.717) is 30.9 Å². The summed E-state index contributed by atoms with van der Waals surface area (Å²) in [5.74, 6) is -0.348. The Hall–Kier alpha value is -2.91. The summed E-state index contributed by atoms with van der Waals surface area (Å²) in [5, 5.41) is 2.77. The van der Waals surface area contributed by atoms with Crippen LogP contribution in [0.25, 0.3) is 0 Å². The van der Waals surface area contributed by atoms with Gasteiger partial charge in [0.25, 0.3) is 5.91 Å². The molecule has 2 amide bonds. The maximum Gasteiger partial charge on any atom is 0.255 e. The first kappa shape index (κ1) is 23.4. The molecule has 0 aliphatic rings. The number of carbonyl (C=O) groups is 2. The largest absolute Gasteiger partial charge is 0.484 e. The van der Waals surface area contributed by atoms with Gasteiger partial charge in [-0.05, 0) is 36.2 Å². The highest BCUT2D eigenvalue weighted by Crippen LogP contribution is 2.19. The van der Waals surface area contributed by atoms with Gasteiger partial charge < -0.3 is 15.8 Å². The van der Waals surface area contributed by atoms with Crippen LogP contribution in [0.4, 0.5) is 5.69 Å². The first-order valence-electron chi connectivity index (χ1n) is 9.66. The Morgan fingerprint density at radius 2 is 1.73 bits per heavy atom. The Bertz CT molecular complexity index is 970. The van der Waals surface area contributed by atoms with E-state index in [-0.39, 0.29) is 23.8 Å². The molecule has 3 N–H and O–H groups in total. The second kappa shape index (κ2) is 10.7. The van der Waals surface area contributed by atoms with Crippen LogP contribution < -0.4 is 15.8 Å². The summed E-state index contributed by atoms with van der Waals surface area (Å²) in [4.78, 5) is 23.3. The molecule has 0 aliphatic carbocycles. The van der Waals surface area contributed by atoms with E-state index in [2.05, 4.69) is 5.32 Å². The fraction of sp³-hybridized carbons (Fsp3) is 0.333. The quantitative estimate of drug-likeness (QED) is 0.563. The lowest BCUT2D eigenvalue weighted by molar-refractivity contribution is -0.120. The highest BCUT2D eigenvalue weighted by Gasteiger charge is 2.21. The maximum absolute atomic E-state index is 12.5. The monoisotopic (exact) mass is 433 g/mol. The SMILES string of the molecule is CCN(CC)S(=O)(=O)c1ccc(CCC(=O)Nc2cccc(OCC(N)=O)c2)cc1. The van der Waals surface area contributed by atoms with Gasteiger partial charge in [-0.1, -0.05) is 32.0 Å². The summed E-state index contributed by atoms with van der Waals surface area (Å²) in [6, 6.07) is 13.3. The van der Waals surface area contributed by atoms with E-state index in [1.165, 1.54) is 4.31 Å². The predicted octanol–water partition coefficient (Wildman–Crippen LogP) is 2.15. The smallest absolute Gasteiger partial charge is 0.255 e. The molecule has 0 saturated heterocycles. The number of amides is 2. The van der Waals surface area contributed by atoms with Gasteiger partial charge in [-0.15, -0.1) is 0 Å². The molecule has 0 aromatic heterocycles. The van der Waals surface area contributed by atoms with E-state index in [0.717, 1.165) is 5.56 Å². The first-order chi connectivity index (χ1) is 14.3. The molecular weight excluding hydrogens is 406 g/mol. The van der Waals surface area contributed by atoms with Crippen molar-refractivity contribution in [1.29, 1.82) is 0 Å². The van der Waals surface area contributed by atoms with Crippen LogP contribution in [0.5, 0.6) is 5.75 Å². The highest BCUT2D eigenvalue weighted by molar-refractivity contribution is 7.89. The van der Waals surface area contributed by atoms with Crippen LogP contribution in [0.15, 0.2) is 53.4 Å². The molecule has 0 heterocycles. The highest BCUT2D eigenvalue weighted by atomic mass is 32.2. The van der Waals surface area contributed by atoms with Crippen LogP contribution in [0.3, 0.4) is 0 Å². The minimum atomic E-state index is -3.49. The lowest BCUT2D eigenvalue weighted by Gasteiger charge is -2.18. The standard InChI is InChI=1S/C21H27N3O5S/c1-3-24(4-2)30(27,28)19-11-8-16(9-12-19)10-13-21(26)23-17-6-5-7-18(14-17)29-15-20(22)25/h5-9,11-12,14H,3-4,10,13,15H2,1-2H3,(H2,22,25)(H,23,26). The van der Waals surface area contributed by atoms with Crippen LogP contribution in [-0.4, -0.2) is 44.2 Å². The van der Waals surface area contributed by atoms with Crippen LogP contribution in [0.1, 0.15) is 25.8 Å². The van der Waals surface area contributed by atoms with Crippen molar-refractivity contribution < 1.29 is 22.7 Å². The number of ether oxygens (including phenoxy) is 1. The third-order valence-electron chi connectivity index (χ3n) is 4.41. The van der Waals surface area contributed by atoms with Crippen molar-refractivity contribution in [2.45, 2.75) is 31.6 Å². The summed E-state index contributed by atoms with van der Waals surface area (Å²) in [7, 11) is -3.49. The van der Waals surface area contributed by atoms with Gasteiger partial charge >= 0.3 is 0 Å². The molecule has 30 heavy (non-hydrogen) atoms. The number of hydrogen-bond donors (Lipinski definition) is 2. The van der Waals surface area contributed by atoms with Crippen LogP contribution in [-0.2, 0) is 26.0 Å². The normalized spacial score (nSPS) is 11.3. The van der Waals surface area contributed by atoms with Crippen molar-refractivity contribution in [3.63, 3.8) is 0 Å². The zero-order valence-electron chi connectivity index (χ0n) is 17.1. The number of primary amides is 1. The van der Waals surface area contributed by atoms with Gasteiger partial charge in [0.15, 0.2) is 6.61 Å². The van der Waals surface area contributed by atoms with E-state index in [9.17, 15) is 18.0 Å². The number of nitrogens with zero attached hydrogens (tertiary/aromatic N) is 1. The van der Waals surface area contributed by atoms with Gasteiger partial charge in [0.1, 0.15) is 5.75 Å². The van der Waals surface area contributed by atoms with Gasteiger partial charge in [-0.2, -0.15) is 4.31 Å². The second-order valence-corrected chi connectivity index (χ2v) is 8.50. The zero-order valence-corrected chi connectivity index (χ0v) is 17.9. The van der Waals surface area contributed by atoms with Gasteiger partial charge in [-0.25, -0.2) is 8.42 Å². The number of rotatable bonds is 11. The molecule has 0 saturated carbocycles. The summed E-state index contributed by atoms with van der Waals surface area (Å²) in [6.45, 7) is 4.18. The Balaban J connectivity index is 1.92. The molecule has 162 valence electrons. The lowest BCUT2D eigenvalue weighted by atomic mass is 10.1. The molecule has 0 fully saturated rings. The Morgan fingerprint density at radius 3 is 2.33 bits per heavy atom. The van der Waals surface area contributed by atoms with E-state index in [4.69, 9.17) is 10.5 Å². The molecule has 0 radical (unpaired) electrons. The van der Waals surface area contributed by atoms with E-state index in [1.807, 2.05) is 0 Å². The maximum atomic E-state index is 12.5. The number of nitrogens with two attached hydrogens (primary N) is 1. The third kappa shape index (κ3) is 6.57. The van der Waals surface area contributed by atoms with Crippen LogP contribution in [0, 0.1) is 0 Å². The number of sulfonamides is 1. The number of aryl methyl sites for hydroxylation is 1. The number of carbonyl (C=O) groups excluding carboxylic acids is 2. The Morgan fingerprint density at radius 1 is 1.07 bits per heavy atom. The summed E-state index contributed by atoms with van der Waals surface area (Å²) in [6.07, 6.45) is 0.698. The topological polar surface area (TPSA) is 119 Å². The molecule has 0 spiro atoms. The van der Waals surface area contributed by atoms with Crippen molar-refractivity contribution in [2.75, 3.05) is 25.0 Å². The van der Waals surface area contributed by atoms with Crippen molar-refractivity contribution in [1.82, 2.24) is 4.31 Å². The average Bonchev–Trinajstić information content (AvgIpc) is 2.72. The van der Waals surface area contributed by atoms with Gasteiger partial charge in [0.05, 0.1) is 4.90 Å². The van der Waals surface area contributed by atoms with Crippen molar-refractivity contribution in [3.05, 3.63) is 54.1 Å². The fourth-order valence-electron chi connectivity index (χ4n) is 2.84. The second-order valence-electron chi connectivity index (χ2n) is 6.56. The molecule has 0 unspecified atom stereocenters. The molecule has 0 atom stereocenters. The fourth-order valence-corrected chi connectivity index (χ4v) is 4.30. The summed E-state index contributed by atoms with van der Waals surface area (Å²) < 4.78 is 31.6. The zero-order chi connectivity index (χ0) is 22.1. The van der Waals surface area contributed by atoms with E-state index in [1.54, 1.807) is 62.4 Å². The van der Waals surface area contributed by atoms with Crippen LogP contribution >= 0.6 is 0 Å². The molecule has 0 bridgehead atoms. The number of anilines is 1. The molecular formula is C21H27N3O5S. The number of nitrogens with one attached hydrogen (secondary N) is 1. The number of hydrogen-bond acceptors (Lipinski definition) is 5. The first-order valence-corrected chi connectivity index (χ1v) is 11.1. The van der Waals surface area contributed by atoms with Gasteiger partial charge in [-0.3, -0.25) is 9.59 Å². The number of benzene rings is 2. The minimum Gasteiger partial charge on any atom is -0.484 e. The summed E-state index contributed by atoms with van der Waals surface area (Å²) in [5.41, 5.74) is 6.45.